The van der Waals surface area contributed by atoms with Gasteiger partial charge in [0.1, 0.15) is 5.82 Å². The monoisotopic (exact) mass is 202 g/mol. The molecule has 76 valence electrons. The second kappa shape index (κ2) is 3.91. The highest BCUT2D eigenvalue weighted by Gasteiger charge is 1.99. The zero-order valence-corrected chi connectivity index (χ0v) is 8.00. The molecule has 15 heavy (non-hydrogen) atoms. The van der Waals surface area contributed by atoms with E-state index in [4.69, 9.17) is 5.73 Å². The molecule has 0 aliphatic heterocycles. The third-order valence-electron chi connectivity index (χ3n) is 1.93. The van der Waals surface area contributed by atoms with Crippen LogP contribution in [0.15, 0.2) is 41.3 Å². The van der Waals surface area contributed by atoms with Gasteiger partial charge in [-0.3, -0.25) is 4.79 Å². The molecule has 0 fully saturated rings. The van der Waals surface area contributed by atoms with Crippen molar-refractivity contribution in [1.82, 2.24) is 14.8 Å². The van der Waals surface area contributed by atoms with E-state index in [1.54, 1.807) is 30.5 Å². The SMILES string of the molecule is Nc1cccc(Cn2ncccc2=O)n1. The van der Waals surface area contributed by atoms with Crippen LogP contribution in [0.25, 0.3) is 0 Å². The summed E-state index contributed by atoms with van der Waals surface area (Å²) in [6.07, 6.45) is 1.56. The molecule has 0 bridgehead atoms. The summed E-state index contributed by atoms with van der Waals surface area (Å²) in [4.78, 5) is 15.4. The van der Waals surface area contributed by atoms with Gasteiger partial charge in [-0.2, -0.15) is 5.10 Å². The Morgan fingerprint density at radius 2 is 2.13 bits per heavy atom. The fraction of sp³-hybridized carbons (Fsp3) is 0.100. The quantitative estimate of drug-likeness (QED) is 0.758. The summed E-state index contributed by atoms with van der Waals surface area (Å²) in [7, 11) is 0. The van der Waals surface area contributed by atoms with Crippen LogP contribution >= 0.6 is 0 Å². The molecular formula is C10H10N4O. The minimum absolute atomic E-state index is 0.151. The Hall–Kier alpha value is -2.17. The Labute approximate surface area is 86.2 Å². The first kappa shape index (κ1) is 9.39. The molecule has 2 aromatic rings. The minimum Gasteiger partial charge on any atom is -0.384 e. The normalized spacial score (nSPS) is 10.1. The van der Waals surface area contributed by atoms with Crippen LogP contribution < -0.4 is 11.3 Å². The van der Waals surface area contributed by atoms with Crippen LogP contribution in [0.3, 0.4) is 0 Å². The zero-order valence-electron chi connectivity index (χ0n) is 8.00. The second-order valence-electron chi connectivity index (χ2n) is 3.07. The van der Waals surface area contributed by atoms with Crippen LogP contribution in [0.1, 0.15) is 5.69 Å². The summed E-state index contributed by atoms with van der Waals surface area (Å²) in [5.74, 6) is 0.441. The van der Waals surface area contributed by atoms with Gasteiger partial charge in [-0.15, -0.1) is 0 Å². The van der Waals surface area contributed by atoms with Crippen LogP contribution in [-0.2, 0) is 6.54 Å². The van der Waals surface area contributed by atoms with E-state index >= 15 is 0 Å². The summed E-state index contributed by atoms with van der Waals surface area (Å²) in [6, 6.07) is 8.36. The first-order valence-corrected chi connectivity index (χ1v) is 4.49. The first-order valence-electron chi connectivity index (χ1n) is 4.49. The summed E-state index contributed by atoms with van der Waals surface area (Å²) in [5.41, 5.74) is 6.10. The molecule has 0 atom stereocenters. The van der Waals surface area contributed by atoms with Crippen molar-refractivity contribution in [3.63, 3.8) is 0 Å². The van der Waals surface area contributed by atoms with Gasteiger partial charge in [-0.05, 0) is 18.2 Å². The van der Waals surface area contributed by atoms with Crippen LogP contribution in [0.4, 0.5) is 5.82 Å². The molecule has 0 saturated heterocycles. The minimum atomic E-state index is -0.151. The average molecular weight is 202 g/mol. The van der Waals surface area contributed by atoms with E-state index in [0.717, 1.165) is 5.69 Å². The third kappa shape index (κ3) is 2.19. The van der Waals surface area contributed by atoms with E-state index in [2.05, 4.69) is 10.1 Å². The smallest absolute Gasteiger partial charge is 0.267 e. The standard InChI is InChI=1S/C10H10N4O/c11-9-4-1-3-8(13-9)7-14-10(15)5-2-6-12-14/h1-6H,7H2,(H2,11,13). The highest BCUT2D eigenvalue weighted by Crippen LogP contribution is 2.00. The van der Waals surface area contributed by atoms with Gasteiger partial charge in [-0.1, -0.05) is 6.07 Å². The topological polar surface area (TPSA) is 73.8 Å². The van der Waals surface area contributed by atoms with E-state index in [1.807, 2.05) is 0 Å². The molecule has 0 saturated carbocycles. The third-order valence-corrected chi connectivity index (χ3v) is 1.93. The maximum absolute atomic E-state index is 11.3. The lowest BCUT2D eigenvalue weighted by atomic mass is 10.3. The highest BCUT2D eigenvalue weighted by molar-refractivity contribution is 5.28. The number of pyridine rings is 1. The molecule has 0 unspecified atom stereocenters. The van der Waals surface area contributed by atoms with Crippen molar-refractivity contribution in [2.75, 3.05) is 5.73 Å². The van der Waals surface area contributed by atoms with Gasteiger partial charge >= 0.3 is 0 Å². The van der Waals surface area contributed by atoms with Crippen LogP contribution in [0, 0.1) is 0 Å². The molecule has 2 heterocycles. The second-order valence-corrected chi connectivity index (χ2v) is 3.07. The van der Waals surface area contributed by atoms with E-state index in [0.29, 0.717) is 12.4 Å². The first-order chi connectivity index (χ1) is 7.25. The van der Waals surface area contributed by atoms with Crippen molar-refractivity contribution in [2.24, 2.45) is 0 Å². The van der Waals surface area contributed by atoms with E-state index in [-0.39, 0.29) is 5.56 Å². The molecule has 2 rings (SSSR count). The Morgan fingerprint density at radius 1 is 1.27 bits per heavy atom. The number of nitrogen functional groups attached to an aromatic ring is 1. The van der Waals surface area contributed by atoms with Crippen molar-refractivity contribution in [1.29, 1.82) is 0 Å². The fourth-order valence-electron chi connectivity index (χ4n) is 1.25. The van der Waals surface area contributed by atoms with Gasteiger partial charge in [0.15, 0.2) is 0 Å². The summed E-state index contributed by atoms with van der Waals surface area (Å²) < 4.78 is 1.34. The molecule has 2 aromatic heterocycles. The van der Waals surface area contributed by atoms with Crippen molar-refractivity contribution in [2.45, 2.75) is 6.54 Å². The number of rotatable bonds is 2. The number of nitrogens with two attached hydrogens (primary N) is 1. The maximum atomic E-state index is 11.3. The molecule has 0 amide bonds. The number of hydrogen-bond acceptors (Lipinski definition) is 4. The van der Waals surface area contributed by atoms with Gasteiger partial charge in [0, 0.05) is 12.3 Å². The molecule has 0 spiro atoms. The summed E-state index contributed by atoms with van der Waals surface area (Å²) >= 11 is 0. The number of nitrogens with zero attached hydrogens (tertiary/aromatic N) is 3. The molecule has 5 nitrogen and oxygen atoms in total. The number of hydrogen-bond donors (Lipinski definition) is 1. The van der Waals surface area contributed by atoms with Gasteiger partial charge in [0.25, 0.3) is 5.56 Å². The summed E-state index contributed by atoms with van der Waals surface area (Å²) in [6.45, 7) is 0.338. The van der Waals surface area contributed by atoms with Crippen LogP contribution in [0.5, 0.6) is 0 Å². The van der Waals surface area contributed by atoms with E-state index in [9.17, 15) is 4.79 Å². The molecule has 2 N–H and O–H groups in total. The van der Waals surface area contributed by atoms with Crippen molar-refractivity contribution in [3.05, 3.63) is 52.6 Å². The van der Waals surface area contributed by atoms with Gasteiger partial charge in [-0.25, -0.2) is 9.67 Å². The lowest BCUT2D eigenvalue weighted by Crippen LogP contribution is -2.22. The Balaban J connectivity index is 2.30. The average Bonchev–Trinajstić information content (AvgIpc) is 2.22. The van der Waals surface area contributed by atoms with E-state index in [1.165, 1.54) is 10.7 Å². The Bertz CT molecular complexity index is 521. The Kier molecular flexibility index (Phi) is 2.45. The predicted octanol–water partition coefficient (Wildman–Crippen LogP) is 0.269. The number of aromatic nitrogens is 3. The molecule has 5 heteroatoms. The van der Waals surface area contributed by atoms with Crippen molar-refractivity contribution >= 4 is 5.82 Å². The van der Waals surface area contributed by atoms with E-state index < -0.39 is 0 Å². The van der Waals surface area contributed by atoms with Crippen molar-refractivity contribution in [3.8, 4) is 0 Å². The molecule has 0 aliphatic carbocycles. The Morgan fingerprint density at radius 3 is 2.87 bits per heavy atom. The fourth-order valence-corrected chi connectivity index (χ4v) is 1.25. The van der Waals surface area contributed by atoms with Gasteiger partial charge in [0.2, 0.25) is 0 Å². The summed E-state index contributed by atoms with van der Waals surface area (Å²) in [5, 5.41) is 3.93. The zero-order chi connectivity index (χ0) is 10.7. The highest BCUT2D eigenvalue weighted by atomic mass is 16.1. The van der Waals surface area contributed by atoms with Gasteiger partial charge < -0.3 is 5.73 Å². The molecular weight excluding hydrogens is 192 g/mol. The molecule has 0 aromatic carbocycles. The number of anilines is 1. The van der Waals surface area contributed by atoms with Crippen LogP contribution in [-0.4, -0.2) is 14.8 Å². The molecule has 0 aliphatic rings. The molecule has 0 radical (unpaired) electrons. The lowest BCUT2D eigenvalue weighted by molar-refractivity contribution is 0.628. The lowest BCUT2D eigenvalue weighted by Gasteiger charge is -2.03. The maximum Gasteiger partial charge on any atom is 0.267 e. The van der Waals surface area contributed by atoms with Crippen LogP contribution in [0.2, 0.25) is 0 Å². The van der Waals surface area contributed by atoms with Gasteiger partial charge in [0.05, 0.1) is 12.2 Å². The predicted molar refractivity (Wildman–Crippen MR) is 56.2 cm³/mol. The largest absolute Gasteiger partial charge is 0.384 e. The van der Waals surface area contributed by atoms with Crippen molar-refractivity contribution < 1.29 is 0 Å².